The minimum Gasteiger partial charge on any atom is -0.488 e. The molecule has 1 saturated heterocycles. The Balaban J connectivity index is 1.52. The summed E-state index contributed by atoms with van der Waals surface area (Å²) in [6.07, 6.45) is 2.00. The van der Waals surface area contributed by atoms with Crippen molar-refractivity contribution in [1.82, 2.24) is 10.6 Å². The fourth-order valence-corrected chi connectivity index (χ4v) is 3.98. The van der Waals surface area contributed by atoms with Crippen LogP contribution in [0.3, 0.4) is 0 Å². The molecule has 1 atom stereocenters. The maximum absolute atomic E-state index is 6.16. The second kappa shape index (κ2) is 9.97. The number of benzene rings is 1. The first kappa shape index (κ1) is 20.0. The van der Waals surface area contributed by atoms with Crippen LogP contribution in [0, 0.1) is 6.92 Å². The van der Waals surface area contributed by atoms with Gasteiger partial charge in [0.05, 0.1) is 17.6 Å². The van der Waals surface area contributed by atoms with Crippen molar-refractivity contribution < 1.29 is 9.47 Å². The Kier molecular flexibility index (Phi) is 7.38. The molecule has 0 radical (unpaired) electrons. The number of nitrogens with one attached hydrogen (secondary N) is 2. The third-order valence-corrected chi connectivity index (χ3v) is 5.66. The topological polar surface area (TPSA) is 54.9 Å². The van der Waals surface area contributed by atoms with E-state index in [1.807, 2.05) is 6.07 Å². The molecule has 0 bridgehead atoms. The minimum absolute atomic E-state index is 0.139. The molecule has 1 aromatic carbocycles. The van der Waals surface area contributed by atoms with Gasteiger partial charge in [-0.1, -0.05) is 23.7 Å². The molecule has 27 heavy (non-hydrogen) atoms. The van der Waals surface area contributed by atoms with Gasteiger partial charge < -0.3 is 20.1 Å². The van der Waals surface area contributed by atoms with Gasteiger partial charge in [-0.05, 0) is 37.1 Å². The van der Waals surface area contributed by atoms with Gasteiger partial charge in [-0.15, -0.1) is 11.3 Å². The Morgan fingerprint density at radius 3 is 2.93 bits per heavy atom. The highest BCUT2D eigenvalue weighted by atomic mass is 35.5. The van der Waals surface area contributed by atoms with Gasteiger partial charge >= 0.3 is 0 Å². The molecule has 1 aliphatic rings. The average molecular weight is 408 g/mol. The van der Waals surface area contributed by atoms with Crippen molar-refractivity contribution >= 4 is 28.9 Å². The van der Waals surface area contributed by atoms with Crippen molar-refractivity contribution in [2.45, 2.75) is 32.4 Å². The fraction of sp³-hybridized carbons (Fsp3) is 0.450. The first-order valence-electron chi connectivity index (χ1n) is 9.16. The summed E-state index contributed by atoms with van der Waals surface area (Å²) >= 11 is 7.59. The standard InChI is InChI=1S/C20H26ClN3O2S/c1-14-3-4-15(18(11-14)26-16-8-10-25-13-16)12-24-20(22-2)23-9-7-17-5-6-19(21)27-17/h3-6,11,16H,7-10,12-13H2,1-2H3,(H2,22,23,24). The van der Waals surface area contributed by atoms with Crippen molar-refractivity contribution in [3.8, 4) is 5.75 Å². The molecule has 146 valence electrons. The molecule has 2 aromatic rings. The summed E-state index contributed by atoms with van der Waals surface area (Å²) in [5, 5.41) is 6.71. The third kappa shape index (κ3) is 6.13. The van der Waals surface area contributed by atoms with Gasteiger partial charge in [-0.3, -0.25) is 4.99 Å². The summed E-state index contributed by atoms with van der Waals surface area (Å²) in [5.74, 6) is 1.69. The van der Waals surface area contributed by atoms with E-state index in [4.69, 9.17) is 21.1 Å². The molecule has 7 heteroatoms. The highest BCUT2D eigenvalue weighted by Crippen LogP contribution is 2.24. The van der Waals surface area contributed by atoms with Crippen LogP contribution >= 0.6 is 22.9 Å². The zero-order chi connectivity index (χ0) is 19.1. The molecule has 2 heterocycles. The van der Waals surface area contributed by atoms with Crippen molar-refractivity contribution in [1.29, 1.82) is 0 Å². The van der Waals surface area contributed by atoms with Crippen LogP contribution in [-0.4, -0.2) is 38.9 Å². The van der Waals surface area contributed by atoms with Gasteiger partial charge in [-0.25, -0.2) is 0 Å². The molecule has 0 amide bonds. The Morgan fingerprint density at radius 2 is 2.22 bits per heavy atom. The van der Waals surface area contributed by atoms with Gasteiger partial charge in [0.2, 0.25) is 0 Å². The van der Waals surface area contributed by atoms with E-state index in [1.165, 1.54) is 10.4 Å². The number of guanidine groups is 1. The predicted molar refractivity (Wildman–Crippen MR) is 112 cm³/mol. The van der Waals surface area contributed by atoms with Crippen LogP contribution in [0.5, 0.6) is 5.75 Å². The number of nitrogens with zero attached hydrogens (tertiary/aromatic N) is 1. The molecule has 0 aliphatic carbocycles. The van der Waals surface area contributed by atoms with Crippen molar-refractivity contribution in [2.75, 3.05) is 26.8 Å². The quantitative estimate of drug-likeness (QED) is 0.541. The van der Waals surface area contributed by atoms with E-state index in [2.05, 4.69) is 46.8 Å². The zero-order valence-electron chi connectivity index (χ0n) is 15.8. The van der Waals surface area contributed by atoms with Crippen LogP contribution in [0.2, 0.25) is 4.34 Å². The van der Waals surface area contributed by atoms with Crippen LogP contribution in [-0.2, 0) is 17.7 Å². The van der Waals surface area contributed by atoms with E-state index in [0.29, 0.717) is 13.2 Å². The first-order chi connectivity index (χ1) is 13.1. The lowest BCUT2D eigenvalue weighted by Gasteiger charge is -2.18. The maximum atomic E-state index is 6.16. The van der Waals surface area contributed by atoms with E-state index in [-0.39, 0.29) is 6.10 Å². The Labute approximate surface area is 169 Å². The second-order valence-corrected chi connectivity index (χ2v) is 8.32. The normalized spacial score (nSPS) is 17.1. The monoisotopic (exact) mass is 407 g/mol. The fourth-order valence-electron chi connectivity index (χ4n) is 2.89. The first-order valence-corrected chi connectivity index (χ1v) is 10.4. The van der Waals surface area contributed by atoms with Crippen molar-refractivity contribution in [2.24, 2.45) is 4.99 Å². The second-order valence-electron chi connectivity index (χ2n) is 6.52. The number of hydrogen-bond donors (Lipinski definition) is 2. The summed E-state index contributed by atoms with van der Waals surface area (Å²) in [6, 6.07) is 10.3. The molecule has 0 spiro atoms. The van der Waals surface area contributed by atoms with Crippen LogP contribution in [0.4, 0.5) is 0 Å². The lowest BCUT2D eigenvalue weighted by atomic mass is 10.1. The van der Waals surface area contributed by atoms with E-state index in [9.17, 15) is 0 Å². The van der Waals surface area contributed by atoms with Crippen molar-refractivity contribution in [3.05, 3.63) is 50.7 Å². The maximum Gasteiger partial charge on any atom is 0.191 e. The number of aliphatic imine (C=N–C) groups is 1. The molecule has 1 fully saturated rings. The summed E-state index contributed by atoms with van der Waals surface area (Å²) in [5.41, 5.74) is 2.30. The smallest absolute Gasteiger partial charge is 0.191 e. The number of aryl methyl sites for hydroxylation is 1. The van der Waals surface area contributed by atoms with Crippen LogP contribution in [0.25, 0.3) is 0 Å². The van der Waals surface area contributed by atoms with E-state index >= 15 is 0 Å². The summed E-state index contributed by atoms with van der Waals surface area (Å²) in [7, 11) is 1.78. The van der Waals surface area contributed by atoms with Gasteiger partial charge in [0.25, 0.3) is 0 Å². The van der Waals surface area contributed by atoms with E-state index in [1.54, 1.807) is 18.4 Å². The lowest BCUT2D eigenvalue weighted by Crippen LogP contribution is -2.37. The van der Waals surface area contributed by atoms with Crippen LogP contribution in [0.1, 0.15) is 22.4 Å². The summed E-state index contributed by atoms with van der Waals surface area (Å²) < 4.78 is 12.4. The highest BCUT2D eigenvalue weighted by Gasteiger charge is 2.18. The van der Waals surface area contributed by atoms with E-state index in [0.717, 1.165) is 47.6 Å². The Hall–Kier alpha value is -1.76. The molecule has 1 unspecified atom stereocenters. The summed E-state index contributed by atoms with van der Waals surface area (Å²) in [6.45, 7) is 4.96. The molecular weight excluding hydrogens is 382 g/mol. The van der Waals surface area contributed by atoms with Crippen molar-refractivity contribution in [3.63, 3.8) is 0 Å². The predicted octanol–water partition coefficient (Wildman–Crippen LogP) is 3.79. The number of halogens is 1. The Bertz CT molecular complexity index is 772. The van der Waals surface area contributed by atoms with Gasteiger partial charge in [0.15, 0.2) is 5.96 Å². The summed E-state index contributed by atoms with van der Waals surface area (Å²) in [4.78, 5) is 5.56. The largest absolute Gasteiger partial charge is 0.488 e. The van der Waals surface area contributed by atoms with Crippen LogP contribution in [0.15, 0.2) is 35.3 Å². The van der Waals surface area contributed by atoms with Gasteiger partial charge in [0.1, 0.15) is 11.9 Å². The lowest BCUT2D eigenvalue weighted by molar-refractivity contribution is 0.140. The highest BCUT2D eigenvalue weighted by molar-refractivity contribution is 7.16. The number of thiophene rings is 1. The SMILES string of the molecule is CN=C(NCCc1ccc(Cl)s1)NCc1ccc(C)cc1OC1CCOC1. The minimum atomic E-state index is 0.139. The number of ether oxygens (including phenoxy) is 2. The molecule has 2 N–H and O–H groups in total. The Morgan fingerprint density at radius 1 is 1.33 bits per heavy atom. The molecule has 5 nitrogen and oxygen atoms in total. The molecular formula is C20H26ClN3O2S. The van der Waals surface area contributed by atoms with Crippen LogP contribution < -0.4 is 15.4 Å². The third-order valence-electron chi connectivity index (χ3n) is 4.37. The van der Waals surface area contributed by atoms with Gasteiger partial charge in [-0.2, -0.15) is 0 Å². The molecule has 1 aromatic heterocycles. The molecule has 3 rings (SSSR count). The molecule has 0 saturated carbocycles. The van der Waals surface area contributed by atoms with Gasteiger partial charge in [0, 0.05) is 37.0 Å². The average Bonchev–Trinajstić information content (AvgIpc) is 3.31. The van der Waals surface area contributed by atoms with E-state index < -0.39 is 0 Å². The number of hydrogen-bond acceptors (Lipinski definition) is 4. The molecule has 1 aliphatic heterocycles. The number of rotatable bonds is 7. The zero-order valence-corrected chi connectivity index (χ0v) is 17.3.